The predicted octanol–water partition coefficient (Wildman–Crippen LogP) is 2.22. The smallest absolute Gasteiger partial charge is 0.263 e. The highest BCUT2D eigenvalue weighted by molar-refractivity contribution is 7.92. The zero-order chi connectivity index (χ0) is 17.9. The molecule has 0 spiro atoms. The van der Waals surface area contributed by atoms with E-state index in [1.54, 1.807) is 31.2 Å². The van der Waals surface area contributed by atoms with Crippen LogP contribution in [0.4, 0.5) is 5.69 Å². The Bertz CT molecular complexity index is 773. The van der Waals surface area contributed by atoms with Crippen molar-refractivity contribution in [3.63, 3.8) is 0 Å². The van der Waals surface area contributed by atoms with E-state index in [2.05, 4.69) is 11.4 Å². The molecule has 2 aliphatic rings. The molecular weight excluding hydrogens is 340 g/mol. The number of nitrogens with one attached hydrogen (secondary N) is 1. The summed E-state index contributed by atoms with van der Waals surface area (Å²) >= 11 is 0. The number of allylic oxidation sites excluding steroid dienone is 1. The first kappa shape index (κ1) is 17.8. The molecule has 1 amide bonds. The summed E-state index contributed by atoms with van der Waals surface area (Å²) in [6.07, 6.45) is 5.74. The van der Waals surface area contributed by atoms with Crippen LogP contribution in [0.25, 0.3) is 0 Å². The van der Waals surface area contributed by atoms with Crippen LogP contribution in [0.2, 0.25) is 0 Å². The van der Waals surface area contributed by atoms with E-state index in [0.717, 1.165) is 19.3 Å². The monoisotopic (exact) mass is 364 g/mol. The minimum absolute atomic E-state index is 0.00192. The van der Waals surface area contributed by atoms with Gasteiger partial charge in [0, 0.05) is 6.54 Å². The van der Waals surface area contributed by atoms with Gasteiger partial charge in [0.05, 0.1) is 18.0 Å². The number of hydrogen-bond donors (Lipinski definition) is 1. The molecule has 1 N–H and O–H groups in total. The standard InChI is InChI=1S/C18H24N2O4S/c1-2-25(22,23)20-13-17(24-16-11-7-6-10-15(16)20)18(21)19-12-14-8-4-3-5-9-14/h6-8,10-11,17H,2-5,9,12-13H2,1H3,(H,19,21). The number of fused-ring (bicyclic) bond motifs is 1. The third-order valence-corrected chi connectivity index (χ3v) is 6.35. The number of amides is 1. The van der Waals surface area contributed by atoms with Crippen LogP contribution >= 0.6 is 0 Å². The van der Waals surface area contributed by atoms with Crippen molar-refractivity contribution in [1.29, 1.82) is 0 Å². The molecule has 6 nitrogen and oxygen atoms in total. The quantitative estimate of drug-likeness (QED) is 0.813. The summed E-state index contributed by atoms with van der Waals surface area (Å²) in [7, 11) is -3.47. The Morgan fingerprint density at radius 3 is 2.84 bits per heavy atom. The van der Waals surface area contributed by atoms with Gasteiger partial charge in [0.1, 0.15) is 5.75 Å². The fraction of sp³-hybridized carbons (Fsp3) is 0.500. The summed E-state index contributed by atoms with van der Waals surface area (Å²) in [5, 5.41) is 2.89. The summed E-state index contributed by atoms with van der Waals surface area (Å²) < 4.78 is 31.9. The maximum atomic E-state index is 12.5. The average molecular weight is 364 g/mol. The zero-order valence-corrected chi connectivity index (χ0v) is 15.2. The van der Waals surface area contributed by atoms with Crippen LogP contribution in [0.5, 0.6) is 5.75 Å². The molecule has 1 unspecified atom stereocenters. The highest BCUT2D eigenvalue weighted by Gasteiger charge is 2.35. The minimum Gasteiger partial charge on any atom is -0.476 e. The van der Waals surface area contributed by atoms with E-state index in [1.807, 2.05) is 0 Å². The van der Waals surface area contributed by atoms with Crippen LogP contribution in [-0.4, -0.2) is 39.3 Å². The molecule has 0 saturated heterocycles. The molecule has 0 saturated carbocycles. The summed E-state index contributed by atoms with van der Waals surface area (Å²) in [4.78, 5) is 12.5. The van der Waals surface area contributed by atoms with Crippen molar-refractivity contribution in [3.8, 4) is 5.75 Å². The number of benzene rings is 1. The second-order valence-corrected chi connectivity index (χ2v) is 8.51. The number of ether oxygens (including phenoxy) is 1. The number of anilines is 1. The van der Waals surface area contributed by atoms with Gasteiger partial charge in [0.25, 0.3) is 5.91 Å². The van der Waals surface area contributed by atoms with E-state index >= 15 is 0 Å². The second kappa shape index (κ2) is 7.47. The first-order chi connectivity index (χ1) is 12.0. The van der Waals surface area contributed by atoms with Crippen molar-refractivity contribution in [2.45, 2.75) is 38.7 Å². The van der Waals surface area contributed by atoms with Gasteiger partial charge < -0.3 is 10.1 Å². The van der Waals surface area contributed by atoms with Crippen LogP contribution in [0.3, 0.4) is 0 Å². The third-order valence-electron chi connectivity index (χ3n) is 4.60. The van der Waals surface area contributed by atoms with E-state index in [-0.39, 0.29) is 18.2 Å². The molecule has 0 fully saturated rings. The fourth-order valence-electron chi connectivity index (χ4n) is 3.14. The van der Waals surface area contributed by atoms with Gasteiger partial charge >= 0.3 is 0 Å². The van der Waals surface area contributed by atoms with Crippen molar-refractivity contribution in [3.05, 3.63) is 35.9 Å². The normalized spacial score (nSPS) is 20.3. The Kier molecular flexibility index (Phi) is 5.32. The van der Waals surface area contributed by atoms with Crippen LogP contribution in [-0.2, 0) is 14.8 Å². The SMILES string of the molecule is CCS(=O)(=O)N1CC(C(=O)NCC2=CCCCC2)Oc2ccccc21. The summed E-state index contributed by atoms with van der Waals surface area (Å²) in [6.45, 7) is 2.09. The topological polar surface area (TPSA) is 75.7 Å². The van der Waals surface area contributed by atoms with Crippen molar-refractivity contribution in [2.24, 2.45) is 0 Å². The highest BCUT2D eigenvalue weighted by Crippen LogP contribution is 2.35. The molecule has 1 atom stereocenters. The number of hydrogen-bond acceptors (Lipinski definition) is 4. The molecule has 7 heteroatoms. The minimum atomic E-state index is -3.47. The van der Waals surface area contributed by atoms with Crippen molar-refractivity contribution < 1.29 is 17.9 Å². The van der Waals surface area contributed by atoms with Crippen molar-refractivity contribution >= 4 is 21.6 Å². The number of carbonyl (C=O) groups excluding carboxylic acids is 1. The summed E-state index contributed by atoms with van der Waals surface area (Å²) in [5.41, 5.74) is 1.72. The summed E-state index contributed by atoms with van der Waals surface area (Å²) in [6, 6.07) is 6.92. The molecule has 1 aromatic carbocycles. The number of para-hydroxylation sites is 2. The lowest BCUT2D eigenvalue weighted by Gasteiger charge is -2.34. The predicted molar refractivity (Wildman–Crippen MR) is 97.2 cm³/mol. The molecule has 0 aromatic heterocycles. The molecule has 1 aromatic rings. The first-order valence-corrected chi connectivity index (χ1v) is 10.3. The molecule has 25 heavy (non-hydrogen) atoms. The maximum absolute atomic E-state index is 12.5. The molecule has 1 aliphatic heterocycles. The Morgan fingerprint density at radius 2 is 2.12 bits per heavy atom. The molecule has 136 valence electrons. The molecule has 1 aliphatic carbocycles. The van der Waals surface area contributed by atoms with Gasteiger partial charge in [-0.25, -0.2) is 8.42 Å². The fourth-order valence-corrected chi connectivity index (χ4v) is 4.26. The first-order valence-electron chi connectivity index (χ1n) is 8.73. The second-order valence-electron chi connectivity index (χ2n) is 6.33. The molecule has 1 heterocycles. The molecule has 3 rings (SSSR count). The molecule has 0 bridgehead atoms. The largest absolute Gasteiger partial charge is 0.476 e. The zero-order valence-electron chi connectivity index (χ0n) is 14.4. The van der Waals surface area contributed by atoms with E-state index < -0.39 is 16.1 Å². The van der Waals surface area contributed by atoms with Crippen LogP contribution in [0.15, 0.2) is 35.9 Å². The van der Waals surface area contributed by atoms with Gasteiger partial charge in [-0.2, -0.15) is 0 Å². The number of sulfonamides is 1. The van der Waals surface area contributed by atoms with Crippen molar-refractivity contribution in [2.75, 3.05) is 23.1 Å². The van der Waals surface area contributed by atoms with Gasteiger partial charge in [-0.05, 0) is 44.7 Å². The van der Waals surface area contributed by atoms with E-state index in [9.17, 15) is 13.2 Å². The molecule has 0 radical (unpaired) electrons. The van der Waals surface area contributed by atoms with Gasteiger partial charge in [-0.3, -0.25) is 9.10 Å². The average Bonchev–Trinajstić information content (AvgIpc) is 2.66. The lowest BCUT2D eigenvalue weighted by molar-refractivity contribution is -0.127. The maximum Gasteiger partial charge on any atom is 0.263 e. The van der Waals surface area contributed by atoms with Crippen LogP contribution < -0.4 is 14.4 Å². The van der Waals surface area contributed by atoms with E-state index in [4.69, 9.17) is 4.74 Å². The van der Waals surface area contributed by atoms with Gasteiger partial charge in [0.2, 0.25) is 10.0 Å². The van der Waals surface area contributed by atoms with E-state index in [0.29, 0.717) is 18.0 Å². The highest BCUT2D eigenvalue weighted by atomic mass is 32.2. The third kappa shape index (κ3) is 3.98. The number of nitrogens with zero attached hydrogens (tertiary/aromatic N) is 1. The summed E-state index contributed by atoms with van der Waals surface area (Å²) in [5.74, 6) is 0.114. The molecular formula is C18H24N2O4S. The number of carbonyl (C=O) groups is 1. The van der Waals surface area contributed by atoms with Crippen LogP contribution in [0.1, 0.15) is 32.6 Å². The van der Waals surface area contributed by atoms with Gasteiger partial charge in [0.15, 0.2) is 6.10 Å². The van der Waals surface area contributed by atoms with Gasteiger partial charge in [-0.15, -0.1) is 0 Å². The Balaban J connectivity index is 1.75. The van der Waals surface area contributed by atoms with Gasteiger partial charge in [-0.1, -0.05) is 23.8 Å². The van der Waals surface area contributed by atoms with Crippen molar-refractivity contribution in [1.82, 2.24) is 5.32 Å². The van der Waals surface area contributed by atoms with Crippen LogP contribution in [0, 0.1) is 0 Å². The Hall–Kier alpha value is -2.02. The Morgan fingerprint density at radius 1 is 1.32 bits per heavy atom. The lowest BCUT2D eigenvalue weighted by atomic mass is 10.00. The Labute approximate surface area is 148 Å². The number of rotatable bonds is 5. The van der Waals surface area contributed by atoms with E-state index in [1.165, 1.54) is 16.3 Å². The lowest BCUT2D eigenvalue weighted by Crippen LogP contribution is -2.51.